The summed E-state index contributed by atoms with van der Waals surface area (Å²) in [5, 5.41) is 0.479. The van der Waals surface area contributed by atoms with E-state index in [1.807, 2.05) is 11.8 Å². The molecule has 2 aliphatic heterocycles. The topological polar surface area (TPSA) is 3.24 Å². The average molecular weight is 215 g/mol. The molecule has 0 radical (unpaired) electrons. The molecule has 1 unspecified atom stereocenters. The summed E-state index contributed by atoms with van der Waals surface area (Å²) in [4.78, 5) is 3.75. The Labute approximate surface area is 94.5 Å². The van der Waals surface area contributed by atoms with Gasteiger partial charge >= 0.3 is 0 Å². The standard InChI is InChI=1S/C13H13NS/c1-9-7-8-14-11-5-3-4-6-12(11)15-13(14)10(9)2/h3-8,13H,1-2H3. The molecule has 76 valence electrons. The summed E-state index contributed by atoms with van der Waals surface area (Å²) < 4.78 is 0. The van der Waals surface area contributed by atoms with Gasteiger partial charge in [-0.3, -0.25) is 0 Å². The Kier molecular flexibility index (Phi) is 1.93. The summed E-state index contributed by atoms with van der Waals surface area (Å²) >= 11 is 1.95. The van der Waals surface area contributed by atoms with Gasteiger partial charge in [0.25, 0.3) is 0 Å². The van der Waals surface area contributed by atoms with Crippen LogP contribution in [0.5, 0.6) is 0 Å². The Morgan fingerprint density at radius 2 is 2.00 bits per heavy atom. The minimum atomic E-state index is 0.479. The van der Waals surface area contributed by atoms with Crippen molar-refractivity contribution in [2.24, 2.45) is 0 Å². The van der Waals surface area contributed by atoms with Crippen molar-refractivity contribution in [2.45, 2.75) is 24.1 Å². The van der Waals surface area contributed by atoms with Gasteiger partial charge in [-0.25, -0.2) is 0 Å². The van der Waals surface area contributed by atoms with E-state index in [-0.39, 0.29) is 0 Å². The van der Waals surface area contributed by atoms with Crippen LogP contribution in [-0.2, 0) is 0 Å². The Bertz CT molecular complexity index is 473. The number of benzene rings is 1. The van der Waals surface area contributed by atoms with Gasteiger partial charge in [0, 0.05) is 11.1 Å². The minimum absolute atomic E-state index is 0.479. The molecule has 1 atom stereocenters. The van der Waals surface area contributed by atoms with Crippen molar-refractivity contribution in [3.63, 3.8) is 0 Å². The van der Waals surface area contributed by atoms with Crippen molar-refractivity contribution in [1.82, 2.24) is 0 Å². The summed E-state index contributed by atoms with van der Waals surface area (Å²) in [7, 11) is 0. The van der Waals surface area contributed by atoms with Gasteiger partial charge < -0.3 is 4.90 Å². The zero-order chi connectivity index (χ0) is 10.4. The first kappa shape index (κ1) is 9.10. The number of hydrogen-bond donors (Lipinski definition) is 0. The third kappa shape index (κ3) is 1.25. The second-order valence-corrected chi connectivity index (χ2v) is 5.15. The van der Waals surface area contributed by atoms with Crippen molar-refractivity contribution in [3.05, 3.63) is 47.7 Å². The first-order chi connectivity index (χ1) is 7.27. The van der Waals surface area contributed by atoms with Crippen LogP contribution in [0.4, 0.5) is 5.69 Å². The molecule has 0 spiro atoms. The molecule has 2 aliphatic rings. The zero-order valence-electron chi connectivity index (χ0n) is 8.90. The third-order valence-electron chi connectivity index (χ3n) is 3.11. The van der Waals surface area contributed by atoms with Gasteiger partial charge in [0.1, 0.15) is 5.37 Å². The Morgan fingerprint density at radius 1 is 1.20 bits per heavy atom. The molecule has 0 aromatic heterocycles. The maximum absolute atomic E-state index is 2.36. The van der Waals surface area contributed by atoms with Crippen LogP contribution in [0.25, 0.3) is 0 Å². The fourth-order valence-electron chi connectivity index (χ4n) is 2.05. The van der Waals surface area contributed by atoms with E-state index >= 15 is 0 Å². The fourth-order valence-corrected chi connectivity index (χ4v) is 3.40. The van der Waals surface area contributed by atoms with Crippen molar-refractivity contribution < 1.29 is 0 Å². The lowest BCUT2D eigenvalue weighted by atomic mass is 10.1. The fraction of sp³-hybridized carbons (Fsp3) is 0.231. The minimum Gasteiger partial charge on any atom is -0.330 e. The smallest absolute Gasteiger partial charge is 0.106 e. The van der Waals surface area contributed by atoms with Crippen LogP contribution in [0.15, 0.2) is 52.6 Å². The highest BCUT2D eigenvalue weighted by atomic mass is 32.2. The number of fused-ring (bicyclic) bond motifs is 3. The molecule has 15 heavy (non-hydrogen) atoms. The van der Waals surface area contributed by atoms with Crippen LogP contribution in [0.2, 0.25) is 0 Å². The van der Waals surface area contributed by atoms with E-state index in [0.717, 1.165) is 0 Å². The average Bonchev–Trinajstić information content (AvgIpc) is 2.63. The normalized spacial score (nSPS) is 23.1. The first-order valence-electron chi connectivity index (χ1n) is 5.17. The van der Waals surface area contributed by atoms with E-state index in [0.29, 0.717) is 5.37 Å². The molecule has 0 amide bonds. The molecular formula is C13H13NS. The summed E-state index contributed by atoms with van der Waals surface area (Å²) in [5.74, 6) is 0. The predicted octanol–water partition coefficient (Wildman–Crippen LogP) is 3.79. The molecule has 2 heterocycles. The molecule has 0 aliphatic carbocycles. The molecule has 3 rings (SSSR count). The van der Waals surface area contributed by atoms with E-state index in [4.69, 9.17) is 0 Å². The largest absolute Gasteiger partial charge is 0.330 e. The SMILES string of the molecule is CC1=C(C)C2Sc3ccccc3N2C=C1. The van der Waals surface area contributed by atoms with Gasteiger partial charge in [0.2, 0.25) is 0 Å². The van der Waals surface area contributed by atoms with E-state index < -0.39 is 0 Å². The van der Waals surface area contributed by atoms with Gasteiger partial charge in [-0.15, -0.1) is 0 Å². The third-order valence-corrected chi connectivity index (χ3v) is 4.52. The van der Waals surface area contributed by atoms with Crippen LogP contribution in [-0.4, -0.2) is 5.37 Å². The number of nitrogens with zero attached hydrogens (tertiary/aromatic N) is 1. The highest BCUT2D eigenvalue weighted by Crippen LogP contribution is 2.47. The summed E-state index contributed by atoms with van der Waals surface area (Å²) in [5.41, 5.74) is 4.21. The van der Waals surface area contributed by atoms with Crippen LogP contribution < -0.4 is 4.90 Å². The Morgan fingerprint density at radius 3 is 2.87 bits per heavy atom. The molecule has 0 fully saturated rings. The summed E-state index contributed by atoms with van der Waals surface area (Å²) in [6.45, 7) is 4.42. The predicted molar refractivity (Wildman–Crippen MR) is 66.1 cm³/mol. The highest BCUT2D eigenvalue weighted by molar-refractivity contribution is 8.00. The molecule has 1 aromatic carbocycles. The molecule has 0 N–H and O–H groups in total. The van der Waals surface area contributed by atoms with Gasteiger partial charge in [0.05, 0.1) is 5.69 Å². The maximum atomic E-state index is 2.36. The number of rotatable bonds is 0. The van der Waals surface area contributed by atoms with Crippen molar-refractivity contribution >= 4 is 17.4 Å². The van der Waals surface area contributed by atoms with Crippen LogP contribution in [0, 0.1) is 0 Å². The molecule has 0 saturated heterocycles. The van der Waals surface area contributed by atoms with Gasteiger partial charge in [-0.2, -0.15) is 0 Å². The van der Waals surface area contributed by atoms with Crippen molar-refractivity contribution in [2.75, 3.05) is 4.90 Å². The summed E-state index contributed by atoms with van der Waals surface area (Å²) in [6, 6.07) is 8.62. The second-order valence-electron chi connectivity index (χ2n) is 4.03. The number of hydrogen-bond acceptors (Lipinski definition) is 2. The Hall–Kier alpha value is -1.15. The van der Waals surface area contributed by atoms with Gasteiger partial charge in [-0.05, 0) is 43.2 Å². The number of anilines is 1. The second kappa shape index (κ2) is 3.17. The molecule has 2 heteroatoms. The molecule has 0 bridgehead atoms. The lowest BCUT2D eigenvalue weighted by Crippen LogP contribution is -2.27. The van der Waals surface area contributed by atoms with E-state index in [2.05, 4.69) is 55.3 Å². The maximum Gasteiger partial charge on any atom is 0.106 e. The van der Waals surface area contributed by atoms with Crippen molar-refractivity contribution in [1.29, 1.82) is 0 Å². The Balaban J connectivity index is 2.10. The molecule has 0 saturated carbocycles. The summed E-state index contributed by atoms with van der Waals surface area (Å²) in [6.07, 6.45) is 4.40. The number of allylic oxidation sites excluding steroid dienone is 2. The quantitative estimate of drug-likeness (QED) is 0.647. The van der Waals surface area contributed by atoms with Crippen molar-refractivity contribution in [3.8, 4) is 0 Å². The van der Waals surface area contributed by atoms with Gasteiger partial charge in [0.15, 0.2) is 0 Å². The lowest BCUT2D eigenvalue weighted by Gasteiger charge is -2.27. The highest BCUT2D eigenvalue weighted by Gasteiger charge is 2.31. The molecular weight excluding hydrogens is 202 g/mol. The van der Waals surface area contributed by atoms with E-state index in [9.17, 15) is 0 Å². The number of thioether (sulfide) groups is 1. The van der Waals surface area contributed by atoms with E-state index in [1.54, 1.807) is 0 Å². The van der Waals surface area contributed by atoms with Crippen LogP contribution in [0.3, 0.4) is 0 Å². The van der Waals surface area contributed by atoms with Crippen LogP contribution in [0.1, 0.15) is 13.8 Å². The first-order valence-corrected chi connectivity index (χ1v) is 6.05. The van der Waals surface area contributed by atoms with Crippen LogP contribution >= 0.6 is 11.8 Å². The zero-order valence-corrected chi connectivity index (χ0v) is 9.71. The lowest BCUT2D eigenvalue weighted by molar-refractivity contribution is 0.947. The monoisotopic (exact) mass is 215 g/mol. The number of para-hydroxylation sites is 1. The molecule has 1 aromatic rings. The van der Waals surface area contributed by atoms with E-state index in [1.165, 1.54) is 21.7 Å². The molecule has 1 nitrogen and oxygen atoms in total. The van der Waals surface area contributed by atoms with Gasteiger partial charge in [-0.1, -0.05) is 23.9 Å².